The van der Waals surface area contributed by atoms with Gasteiger partial charge in [-0.25, -0.2) is 0 Å². The average Bonchev–Trinajstić information content (AvgIpc) is 3.08. The second-order valence-corrected chi connectivity index (χ2v) is 5.66. The molecule has 1 fully saturated rings. The Hall–Kier alpha value is -2.73. The first-order valence-corrected chi connectivity index (χ1v) is 7.49. The van der Waals surface area contributed by atoms with Gasteiger partial charge in [0.05, 0.1) is 0 Å². The fraction of sp³-hybridized carbons (Fsp3) is 0.235. The van der Waals surface area contributed by atoms with E-state index in [0.29, 0.717) is 40.6 Å². The zero-order valence-electron chi connectivity index (χ0n) is 12.2. The fourth-order valence-corrected chi connectivity index (χ4v) is 3.13. The molecule has 1 saturated heterocycles. The van der Waals surface area contributed by atoms with Crippen LogP contribution in [0.2, 0.25) is 0 Å². The summed E-state index contributed by atoms with van der Waals surface area (Å²) in [6.45, 7) is 0.594. The van der Waals surface area contributed by atoms with Gasteiger partial charge in [-0.2, -0.15) is 0 Å². The SMILES string of the molecule is O=C1NC(=O)c2ccc(NC(=O)C3CCCO3)c3cccc1c23. The molecule has 23 heavy (non-hydrogen) atoms. The van der Waals surface area contributed by atoms with Crippen LogP contribution in [0.5, 0.6) is 0 Å². The number of carbonyl (C=O) groups is 3. The van der Waals surface area contributed by atoms with Crippen molar-refractivity contribution in [3.05, 3.63) is 41.5 Å². The summed E-state index contributed by atoms with van der Waals surface area (Å²) in [7, 11) is 0. The van der Waals surface area contributed by atoms with Crippen LogP contribution in [0.4, 0.5) is 5.69 Å². The lowest BCUT2D eigenvalue weighted by atomic mass is 9.94. The Labute approximate surface area is 131 Å². The highest BCUT2D eigenvalue weighted by Crippen LogP contribution is 2.32. The fourth-order valence-electron chi connectivity index (χ4n) is 3.13. The normalized spacial score (nSPS) is 19.7. The maximum Gasteiger partial charge on any atom is 0.258 e. The molecule has 0 radical (unpaired) electrons. The monoisotopic (exact) mass is 310 g/mol. The zero-order valence-corrected chi connectivity index (χ0v) is 12.2. The molecule has 0 aromatic heterocycles. The Bertz CT molecular complexity index is 833. The molecular formula is C17H14N2O4. The Balaban J connectivity index is 1.81. The van der Waals surface area contributed by atoms with E-state index in [-0.39, 0.29) is 5.91 Å². The summed E-state index contributed by atoms with van der Waals surface area (Å²) >= 11 is 0. The molecule has 4 rings (SSSR count). The number of anilines is 1. The molecule has 1 unspecified atom stereocenters. The summed E-state index contributed by atoms with van der Waals surface area (Å²) in [5, 5.41) is 6.42. The van der Waals surface area contributed by atoms with Gasteiger partial charge in [-0.3, -0.25) is 19.7 Å². The van der Waals surface area contributed by atoms with E-state index in [1.54, 1.807) is 30.3 Å². The minimum absolute atomic E-state index is 0.199. The average molecular weight is 310 g/mol. The van der Waals surface area contributed by atoms with Crippen LogP contribution in [0.15, 0.2) is 30.3 Å². The van der Waals surface area contributed by atoms with Crippen LogP contribution in [-0.4, -0.2) is 30.4 Å². The van der Waals surface area contributed by atoms with Gasteiger partial charge in [-0.1, -0.05) is 12.1 Å². The lowest BCUT2D eigenvalue weighted by Crippen LogP contribution is -2.34. The van der Waals surface area contributed by atoms with E-state index >= 15 is 0 Å². The van der Waals surface area contributed by atoms with E-state index < -0.39 is 17.9 Å². The summed E-state index contributed by atoms with van der Waals surface area (Å²) in [5.41, 5.74) is 1.45. The number of rotatable bonds is 2. The molecule has 0 saturated carbocycles. The lowest BCUT2D eigenvalue weighted by Gasteiger charge is -2.19. The highest BCUT2D eigenvalue weighted by atomic mass is 16.5. The molecule has 0 aliphatic carbocycles. The van der Waals surface area contributed by atoms with Gasteiger partial charge >= 0.3 is 0 Å². The highest BCUT2D eigenvalue weighted by Gasteiger charge is 2.27. The molecule has 2 aliphatic rings. The van der Waals surface area contributed by atoms with E-state index in [1.807, 2.05) is 0 Å². The van der Waals surface area contributed by atoms with Gasteiger partial charge in [0.1, 0.15) is 6.10 Å². The van der Waals surface area contributed by atoms with Crippen LogP contribution < -0.4 is 10.6 Å². The maximum atomic E-state index is 12.3. The minimum Gasteiger partial charge on any atom is -0.368 e. The highest BCUT2D eigenvalue weighted by molar-refractivity contribution is 6.27. The number of amides is 3. The molecule has 2 N–H and O–H groups in total. The number of imide groups is 1. The Kier molecular flexibility index (Phi) is 3.12. The lowest BCUT2D eigenvalue weighted by molar-refractivity contribution is -0.124. The van der Waals surface area contributed by atoms with Crippen molar-refractivity contribution in [2.24, 2.45) is 0 Å². The molecule has 3 amide bonds. The third-order valence-corrected chi connectivity index (χ3v) is 4.24. The molecule has 116 valence electrons. The van der Waals surface area contributed by atoms with Gasteiger partial charge in [0.2, 0.25) is 0 Å². The number of carbonyl (C=O) groups excluding carboxylic acids is 3. The minimum atomic E-state index is -0.439. The van der Waals surface area contributed by atoms with Gasteiger partial charge in [0.25, 0.3) is 17.7 Å². The largest absolute Gasteiger partial charge is 0.368 e. The summed E-state index contributed by atoms with van der Waals surface area (Å²) < 4.78 is 5.38. The number of nitrogens with one attached hydrogen (secondary N) is 2. The Morgan fingerprint density at radius 1 is 1.13 bits per heavy atom. The topological polar surface area (TPSA) is 84.5 Å². The first kappa shape index (κ1) is 13.9. The smallest absolute Gasteiger partial charge is 0.258 e. The second kappa shape index (κ2) is 5.17. The third-order valence-electron chi connectivity index (χ3n) is 4.24. The van der Waals surface area contributed by atoms with Gasteiger partial charge in [-0.05, 0) is 31.0 Å². The van der Waals surface area contributed by atoms with Crippen LogP contribution in [-0.2, 0) is 9.53 Å². The summed E-state index contributed by atoms with van der Waals surface area (Å²) in [6.07, 6.45) is 1.13. The van der Waals surface area contributed by atoms with Crippen molar-refractivity contribution in [1.29, 1.82) is 0 Å². The summed E-state index contributed by atoms with van der Waals surface area (Å²) in [6, 6.07) is 8.50. The van der Waals surface area contributed by atoms with Crippen LogP contribution in [0, 0.1) is 0 Å². The predicted octanol–water partition coefficient (Wildman–Crippen LogP) is 1.84. The van der Waals surface area contributed by atoms with E-state index in [4.69, 9.17) is 4.74 Å². The van der Waals surface area contributed by atoms with Crippen LogP contribution in [0.25, 0.3) is 10.8 Å². The molecule has 2 aromatic carbocycles. The summed E-state index contributed by atoms with van der Waals surface area (Å²) in [4.78, 5) is 36.2. The third kappa shape index (κ3) is 2.19. The van der Waals surface area contributed by atoms with E-state index in [2.05, 4.69) is 10.6 Å². The number of ether oxygens (including phenoxy) is 1. The molecular weight excluding hydrogens is 296 g/mol. The zero-order chi connectivity index (χ0) is 16.0. The number of benzene rings is 2. The molecule has 2 aliphatic heterocycles. The molecule has 6 heteroatoms. The van der Waals surface area contributed by atoms with Gasteiger partial charge in [0.15, 0.2) is 0 Å². The van der Waals surface area contributed by atoms with Crippen molar-refractivity contribution < 1.29 is 19.1 Å². The maximum absolute atomic E-state index is 12.3. The van der Waals surface area contributed by atoms with Crippen LogP contribution >= 0.6 is 0 Å². The first-order chi connectivity index (χ1) is 11.1. The molecule has 6 nitrogen and oxygen atoms in total. The first-order valence-electron chi connectivity index (χ1n) is 7.49. The Morgan fingerprint density at radius 2 is 1.91 bits per heavy atom. The molecule has 0 bridgehead atoms. The van der Waals surface area contributed by atoms with Crippen molar-refractivity contribution in [2.75, 3.05) is 11.9 Å². The van der Waals surface area contributed by atoms with Crippen molar-refractivity contribution in [3.8, 4) is 0 Å². The predicted molar refractivity (Wildman–Crippen MR) is 83.3 cm³/mol. The van der Waals surface area contributed by atoms with Crippen LogP contribution in [0.3, 0.4) is 0 Å². The Morgan fingerprint density at radius 3 is 2.65 bits per heavy atom. The number of hydrogen-bond acceptors (Lipinski definition) is 4. The number of hydrogen-bond donors (Lipinski definition) is 2. The van der Waals surface area contributed by atoms with Crippen molar-refractivity contribution in [1.82, 2.24) is 5.32 Å². The molecule has 0 spiro atoms. The molecule has 1 atom stereocenters. The molecule has 2 aromatic rings. The van der Waals surface area contributed by atoms with Gasteiger partial charge < -0.3 is 10.1 Å². The van der Waals surface area contributed by atoms with Crippen molar-refractivity contribution in [2.45, 2.75) is 18.9 Å². The van der Waals surface area contributed by atoms with E-state index in [0.717, 1.165) is 6.42 Å². The van der Waals surface area contributed by atoms with E-state index in [1.165, 1.54) is 0 Å². The standard InChI is InChI=1S/C17H14N2O4/c20-15-10-4-1-3-9-12(18-17(22)13-5-2-8-23-13)7-6-11(14(9)10)16(21)19-15/h1,3-4,6-7,13H,2,5,8H2,(H,18,22)(H,19,20,21). The molecule has 2 heterocycles. The van der Waals surface area contributed by atoms with Crippen molar-refractivity contribution in [3.63, 3.8) is 0 Å². The van der Waals surface area contributed by atoms with Gasteiger partial charge in [0, 0.05) is 34.2 Å². The van der Waals surface area contributed by atoms with Gasteiger partial charge in [-0.15, -0.1) is 0 Å². The van der Waals surface area contributed by atoms with Crippen molar-refractivity contribution >= 4 is 34.2 Å². The second-order valence-electron chi connectivity index (χ2n) is 5.66. The van der Waals surface area contributed by atoms with E-state index in [9.17, 15) is 14.4 Å². The quantitative estimate of drug-likeness (QED) is 0.829. The van der Waals surface area contributed by atoms with Crippen LogP contribution in [0.1, 0.15) is 33.6 Å². The summed E-state index contributed by atoms with van der Waals surface area (Å²) in [5.74, 6) is -1.04.